The zero-order valence-corrected chi connectivity index (χ0v) is 10.7. The maximum absolute atomic E-state index is 11.6. The first-order chi connectivity index (χ1) is 7.15. The third kappa shape index (κ3) is 3.83. The Kier molecular flexibility index (Phi) is 5.11. The maximum Gasteiger partial charge on any atom is 0.319 e. The molecule has 0 aliphatic carbocycles. The predicted octanol–water partition coefficient (Wildman–Crippen LogP) is 2.82. The molecule has 3 nitrogen and oxygen atoms in total. The molecule has 0 fully saturated rings. The largest absolute Gasteiger partial charge is 0.465 e. The first-order valence-electron chi connectivity index (χ1n) is 4.88. The molecule has 1 aromatic heterocycles. The SMILES string of the molecule is CCOC(=O)[C@@H](Sc1nccs1)C(C)C. The Balaban J connectivity index is 2.62. The van der Waals surface area contributed by atoms with Crippen LogP contribution < -0.4 is 0 Å². The third-order valence-corrected chi connectivity index (χ3v) is 4.20. The van der Waals surface area contributed by atoms with Gasteiger partial charge in [0, 0.05) is 11.6 Å². The number of hydrogen-bond acceptors (Lipinski definition) is 5. The fourth-order valence-corrected chi connectivity index (χ4v) is 2.89. The molecule has 1 atom stereocenters. The van der Waals surface area contributed by atoms with E-state index in [0.29, 0.717) is 6.61 Å². The summed E-state index contributed by atoms with van der Waals surface area (Å²) in [7, 11) is 0. The van der Waals surface area contributed by atoms with Gasteiger partial charge in [-0.25, -0.2) is 4.98 Å². The van der Waals surface area contributed by atoms with Crippen LogP contribution in [0.3, 0.4) is 0 Å². The molecule has 0 amide bonds. The molecule has 0 N–H and O–H groups in total. The Bertz CT molecular complexity index is 298. The van der Waals surface area contributed by atoms with Crippen LogP contribution >= 0.6 is 23.1 Å². The van der Waals surface area contributed by atoms with Crippen molar-refractivity contribution in [3.05, 3.63) is 11.6 Å². The highest BCUT2D eigenvalue weighted by atomic mass is 32.2. The van der Waals surface area contributed by atoms with E-state index in [1.165, 1.54) is 11.8 Å². The van der Waals surface area contributed by atoms with Crippen LogP contribution in [-0.2, 0) is 9.53 Å². The van der Waals surface area contributed by atoms with E-state index in [1.807, 2.05) is 26.2 Å². The first kappa shape index (κ1) is 12.5. The molecule has 0 saturated carbocycles. The topological polar surface area (TPSA) is 39.2 Å². The van der Waals surface area contributed by atoms with E-state index in [4.69, 9.17) is 4.74 Å². The van der Waals surface area contributed by atoms with Crippen molar-refractivity contribution in [2.24, 2.45) is 5.92 Å². The molecular weight excluding hydrogens is 230 g/mol. The van der Waals surface area contributed by atoms with Crippen LogP contribution in [0.1, 0.15) is 20.8 Å². The molecule has 0 aromatic carbocycles. The maximum atomic E-state index is 11.6. The lowest BCUT2D eigenvalue weighted by Crippen LogP contribution is -2.25. The Morgan fingerprint density at radius 3 is 2.87 bits per heavy atom. The van der Waals surface area contributed by atoms with Crippen LogP contribution in [0.15, 0.2) is 15.9 Å². The quantitative estimate of drug-likeness (QED) is 0.590. The van der Waals surface area contributed by atoms with E-state index in [1.54, 1.807) is 17.5 Å². The molecule has 1 aromatic rings. The monoisotopic (exact) mass is 245 g/mol. The molecular formula is C10H15NO2S2. The van der Waals surface area contributed by atoms with Crippen LogP contribution in [0.25, 0.3) is 0 Å². The highest BCUT2D eigenvalue weighted by Crippen LogP contribution is 2.30. The highest BCUT2D eigenvalue weighted by molar-refractivity contribution is 8.02. The number of esters is 1. The molecule has 84 valence electrons. The summed E-state index contributed by atoms with van der Waals surface area (Å²) >= 11 is 3.03. The zero-order chi connectivity index (χ0) is 11.3. The predicted molar refractivity (Wildman–Crippen MR) is 63.2 cm³/mol. The Morgan fingerprint density at radius 2 is 2.40 bits per heavy atom. The van der Waals surface area contributed by atoms with E-state index in [9.17, 15) is 4.79 Å². The van der Waals surface area contributed by atoms with Gasteiger partial charge in [0.2, 0.25) is 0 Å². The second-order valence-corrected chi connectivity index (χ2v) is 5.62. The first-order valence-corrected chi connectivity index (χ1v) is 6.63. The summed E-state index contributed by atoms with van der Waals surface area (Å²) in [6, 6.07) is 0. The molecule has 15 heavy (non-hydrogen) atoms. The number of nitrogens with zero attached hydrogens (tertiary/aromatic N) is 1. The number of thiazole rings is 1. The average Bonchev–Trinajstić information content (AvgIpc) is 2.66. The van der Waals surface area contributed by atoms with Crippen LogP contribution in [-0.4, -0.2) is 22.8 Å². The van der Waals surface area contributed by atoms with Crippen LogP contribution in [0, 0.1) is 5.92 Å². The second-order valence-electron chi connectivity index (χ2n) is 3.33. The van der Waals surface area contributed by atoms with Crippen molar-refractivity contribution >= 4 is 29.1 Å². The summed E-state index contributed by atoms with van der Waals surface area (Å²) in [6.07, 6.45) is 1.75. The summed E-state index contributed by atoms with van der Waals surface area (Å²) in [5.41, 5.74) is 0. The molecule has 0 aliphatic rings. The Labute approximate surface area is 98.2 Å². The molecule has 1 heterocycles. The normalized spacial score (nSPS) is 12.8. The van der Waals surface area contributed by atoms with E-state index >= 15 is 0 Å². The number of ether oxygens (including phenoxy) is 1. The molecule has 0 unspecified atom stereocenters. The lowest BCUT2D eigenvalue weighted by atomic mass is 10.1. The Hall–Kier alpha value is -0.550. The van der Waals surface area contributed by atoms with Gasteiger partial charge in [0.1, 0.15) is 5.25 Å². The summed E-state index contributed by atoms with van der Waals surface area (Å²) in [5.74, 6) is 0.102. The van der Waals surface area contributed by atoms with Gasteiger partial charge in [0.25, 0.3) is 0 Å². The van der Waals surface area contributed by atoms with Crippen molar-refractivity contribution in [2.45, 2.75) is 30.4 Å². The van der Waals surface area contributed by atoms with E-state index in [0.717, 1.165) is 4.34 Å². The van der Waals surface area contributed by atoms with Gasteiger partial charge >= 0.3 is 5.97 Å². The number of carbonyl (C=O) groups is 1. The van der Waals surface area contributed by atoms with Crippen molar-refractivity contribution in [3.8, 4) is 0 Å². The number of rotatable bonds is 5. The van der Waals surface area contributed by atoms with Gasteiger partial charge in [-0.05, 0) is 12.8 Å². The van der Waals surface area contributed by atoms with Gasteiger partial charge < -0.3 is 4.74 Å². The number of aromatic nitrogens is 1. The number of carbonyl (C=O) groups excluding carboxylic acids is 1. The van der Waals surface area contributed by atoms with Crippen LogP contribution in [0.4, 0.5) is 0 Å². The molecule has 0 aliphatic heterocycles. The van der Waals surface area contributed by atoms with Gasteiger partial charge in [-0.2, -0.15) is 0 Å². The Morgan fingerprint density at radius 1 is 1.67 bits per heavy atom. The smallest absolute Gasteiger partial charge is 0.319 e. The van der Waals surface area contributed by atoms with E-state index in [2.05, 4.69) is 4.98 Å². The van der Waals surface area contributed by atoms with Gasteiger partial charge in [-0.1, -0.05) is 25.6 Å². The standard InChI is InChI=1S/C10H15NO2S2/c1-4-13-9(12)8(7(2)3)15-10-11-5-6-14-10/h5-8H,4H2,1-3H3/t8-/m0/s1. The molecule has 0 spiro atoms. The van der Waals surface area contributed by atoms with Gasteiger partial charge in [-0.15, -0.1) is 11.3 Å². The third-order valence-electron chi connectivity index (χ3n) is 1.76. The lowest BCUT2D eigenvalue weighted by molar-refractivity contribution is -0.143. The van der Waals surface area contributed by atoms with Gasteiger partial charge in [-0.3, -0.25) is 4.79 Å². The highest BCUT2D eigenvalue weighted by Gasteiger charge is 2.25. The molecule has 0 radical (unpaired) electrons. The molecule has 0 bridgehead atoms. The summed E-state index contributed by atoms with van der Waals surface area (Å²) in [4.78, 5) is 15.8. The van der Waals surface area contributed by atoms with Gasteiger partial charge in [0.05, 0.1) is 6.61 Å². The van der Waals surface area contributed by atoms with E-state index < -0.39 is 0 Å². The van der Waals surface area contributed by atoms with Crippen molar-refractivity contribution < 1.29 is 9.53 Å². The van der Waals surface area contributed by atoms with Crippen molar-refractivity contribution in [1.82, 2.24) is 4.98 Å². The summed E-state index contributed by atoms with van der Waals surface area (Å²) in [6.45, 7) is 6.29. The number of thioether (sulfide) groups is 1. The molecule has 0 saturated heterocycles. The fourth-order valence-electron chi connectivity index (χ4n) is 1.06. The van der Waals surface area contributed by atoms with Crippen molar-refractivity contribution in [1.29, 1.82) is 0 Å². The molecule has 5 heteroatoms. The second kappa shape index (κ2) is 6.12. The lowest BCUT2D eigenvalue weighted by Gasteiger charge is -2.16. The fraction of sp³-hybridized carbons (Fsp3) is 0.600. The summed E-state index contributed by atoms with van der Waals surface area (Å²) < 4.78 is 5.95. The van der Waals surface area contributed by atoms with Crippen molar-refractivity contribution in [2.75, 3.05) is 6.61 Å². The molecule has 1 rings (SSSR count). The van der Waals surface area contributed by atoms with Crippen molar-refractivity contribution in [3.63, 3.8) is 0 Å². The number of hydrogen-bond donors (Lipinski definition) is 0. The minimum atomic E-state index is -0.156. The van der Waals surface area contributed by atoms with E-state index in [-0.39, 0.29) is 17.1 Å². The van der Waals surface area contributed by atoms with Crippen LogP contribution in [0.2, 0.25) is 0 Å². The minimum Gasteiger partial charge on any atom is -0.465 e. The van der Waals surface area contributed by atoms with Crippen LogP contribution in [0.5, 0.6) is 0 Å². The minimum absolute atomic E-state index is 0.146. The zero-order valence-electron chi connectivity index (χ0n) is 9.10. The summed E-state index contributed by atoms with van der Waals surface area (Å²) in [5, 5.41) is 1.75. The van der Waals surface area contributed by atoms with Gasteiger partial charge in [0.15, 0.2) is 4.34 Å². The average molecular weight is 245 g/mol.